The summed E-state index contributed by atoms with van der Waals surface area (Å²) in [4.78, 5) is 0. The molecular weight excluding hydrogens is 174 g/mol. The first kappa shape index (κ1) is 12.0. The van der Waals surface area contributed by atoms with Crippen molar-refractivity contribution in [1.29, 1.82) is 0 Å². The van der Waals surface area contributed by atoms with Crippen molar-refractivity contribution in [3.8, 4) is 0 Å². The van der Waals surface area contributed by atoms with Gasteiger partial charge in [0.25, 0.3) is 0 Å². The molecule has 0 aromatic heterocycles. The molecule has 0 spiro atoms. The summed E-state index contributed by atoms with van der Waals surface area (Å²) >= 11 is 0. The minimum Gasteiger partial charge on any atom is -0.381 e. The maximum atomic E-state index is 5.45. The molecule has 1 rings (SSSR count). The highest BCUT2D eigenvalue weighted by molar-refractivity contribution is 4.72. The zero-order valence-corrected chi connectivity index (χ0v) is 9.94. The third kappa shape index (κ3) is 4.43. The second-order valence-electron chi connectivity index (χ2n) is 5.23. The van der Waals surface area contributed by atoms with Crippen molar-refractivity contribution in [1.82, 2.24) is 5.32 Å². The first-order chi connectivity index (χ1) is 6.64. The molecule has 0 aromatic carbocycles. The van der Waals surface area contributed by atoms with E-state index in [2.05, 4.69) is 26.1 Å². The van der Waals surface area contributed by atoms with E-state index in [1.807, 2.05) is 0 Å². The second-order valence-corrected chi connectivity index (χ2v) is 5.23. The Labute approximate surface area is 88.4 Å². The molecule has 1 saturated heterocycles. The van der Waals surface area contributed by atoms with Crippen LogP contribution < -0.4 is 5.32 Å². The summed E-state index contributed by atoms with van der Waals surface area (Å²) in [6, 6.07) is 0. The summed E-state index contributed by atoms with van der Waals surface area (Å²) in [5, 5.41) is 3.57. The summed E-state index contributed by atoms with van der Waals surface area (Å²) in [6.45, 7) is 11.1. The van der Waals surface area contributed by atoms with E-state index >= 15 is 0 Å². The van der Waals surface area contributed by atoms with Gasteiger partial charge in [-0.25, -0.2) is 0 Å². The van der Waals surface area contributed by atoms with E-state index in [9.17, 15) is 0 Å². The Morgan fingerprint density at radius 1 is 1.43 bits per heavy atom. The van der Waals surface area contributed by atoms with Gasteiger partial charge in [-0.3, -0.25) is 0 Å². The molecule has 1 unspecified atom stereocenters. The number of ether oxygens (including phenoxy) is 1. The Morgan fingerprint density at radius 2 is 2.21 bits per heavy atom. The minimum atomic E-state index is 0.440. The molecule has 1 aliphatic heterocycles. The molecule has 0 amide bonds. The summed E-state index contributed by atoms with van der Waals surface area (Å²) in [6.07, 6.45) is 3.81. The quantitative estimate of drug-likeness (QED) is 0.734. The first-order valence-corrected chi connectivity index (χ1v) is 5.92. The van der Waals surface area contributed by atoms with Crippen LogP contribution in [0.3, 0.4) is 0 Å². The van der Waals surface area contributed by atoms with Gasteiger partial charge in [0.15, 0.2) is 0 Å². The molecule has 0 bridgehead atoms. The number of rotatable bonds is 5. The van der Waals surface area contributed by atoms with Crippen LogP contribution in [-0.2, 0) is 4.74 Å². The lowest BCUT2D eigenvalue weighted by atomic mass is 9.90. The second kappa shape index (κ2) is 5.72. The Balaban J connectivity index is 2.08. The smallest absolute Gasteiger partial charge is 0.0506 e. The number of hydrogen-bond donors (Lipinski definition) is 1. The molecule has 1 heterocycles. The highest BCUT2D eigenvalue weighted by atomic mass is 16.5. The van der Waals surface area contributed by atoms with Crippen molar-refractivity contribution < 1.29 is 4.74 Å². The van der Waals surface area contributed by atoms with E-state index in [0.29, 0.717) is 5.41 Å². The van der Waals surface area contributed by atoms with Gasteiger partial charge in [-0.05, 0) is 30.6 Å². The Morgan fingerprint density at radius 3 is 2.79 bits per heavy atom. The van der Waals surface area contributed by atoms with Crippen molar-refractivity contribution in [3.63, 3.8) is 0 Å². The van der Waals surface area contributed by atoms with E-state index in [-0.39, 0.29) is 0 Å². The minimum absolute atomic E-state index is 0.440. The molecule has 2 nitrogen and oxygen atoms in total. The lowest BCUT2D eigenvalue weighted by Gasteiger charge is -2.26. The molecule has 1 N–H and O–H groups in total. The zero-order valence-electron chi connectivity index (χ0n) is 9.94. The molecule has 0 aliphatic carbocycles. The molecule has 0 aromatic rings. The van der Waals surface area contributed by atoms with Gasteiger partial charge in [0, 0.05) is 19.7 Å². The van der Waals surface area contributed by atoms with Gasteiger partial charge in [-0.15, -0.1) is 0 Å². The van der Waals surface area contributed by atoms with Gasteiger partial charge in [-0.2, -0.15) is 0 Å². The van der Waals surface area contributed by atoms with E-state index in [4.69, 9.17) is 4.74 Å². The molecule has 1 atom stereocenters. The highest BCUT2D eigenvalue weighted by Crippen LogP contribution is 2.18. The highest BCUT2D eigenvalue weighted by Gasteiger charge is 2.17. The van der Waals surface area contributed by atoms with Gasteiger partial charge < -0.3 is 10.1 Å². The standard InChI is InChI=1S/C12H25NO/c1-4-12(2,3)10-13-8-11-6-5-7-14-9-11/h11,13H,4-10H2,1-3H3. The van der Waals surface area contributed by atoms with Gasteiger partial charge >= 0.3 is 0 Å². The number of hydrogen-bond acceptors (Lipinski definition) is 2. The van der Waals surface area contributed by atoms with Crippen LogP contribution in [0.5, 0.6) is 0 Å². The third-order valence-electron chi connectivity index (χ3n) is 3.25. The number of nitrogens with one attached hydrogen (secondary N) is 1. The first-order valence-electron chi connectivity index (χ1n) is 5.92. The molecule has 2 heteroatoms. The van der Waals surface area contributed by atoms with Crippen LogP contribution in [0.1, 0.15) is 40.0 Å². The normalized spacial score (nSPS) is 23.8. The largest absolute Gasteiger partial charge is 0.381 e. The fourth-order valence-electron chi connectivity index (χ4n) is 1.71. The molecule has 0 radical (unpaired) electrons. The summed E-state index contributed by atoms with van der Waals surface area (Å²) in [5.41, 5.74) is 0.440. The molecule has 0 saturated carbocycles. The molecular formula is C12H25NO. The van der Waals surface area contributed by atoms with Crippen molar-refractivity contribution >= 4 is 0 Å². The topological polar surface area (TPSA) is 21.3 Å². The van der Waals surface area contributed by atoms with Crippen molar-refractivity contribution in [2.45, 2.75) is 40.0 Å². The van der Waals surface area contributed by atoms with Crippen molar-refractivity contribution in [3.05, 3.63) is 0 Å². The van der Waals surface area contributed by atoms with E-state index in [1.54, 1.807) is 0 Å². The van der Waals surface area contributed by atoms with Crippen LogP contribution in [0, 0.1) is 11.3 Å². The van der Waals surface area contributed by atoms with Crippen LogP contribution in [0.15, 0.2) is 0 Å². The van der Waals surface area contributed by atoms with Gasteiger partial charge in [-0.1, -0.05) is 20.8 Å². The van der Waals surface area contributed by atoms with Crippen LogP contribution in [-0.4, -0.2) is 26.3 Å². The predicted molar refractivity (Wildman–Crippen MR) is 60.5 cm³/mol. The average Bonchev–Trinajstić information content (AvgIpc) is 2.19. The molecule has 84 valence electrons. The summed E-state index contributed by atoms with van der Waals surface area (Å²) in [5.74, 6) is 0.747. The third-order valence-corrected chi connectivity index (χ3v) is 3.25. The maximum Gasteiger partial charge on any atom is 0.0506 e. The van der Waals surface area contributed by atoms with Gasteiger partial charge in [0.05, 0.1) is 6.61 Å². The molecule has 1 aliphatic rings. The van der Waals surface area contributed by atoms with E-state index in [0.717, 1.165) is 32.2 Å². The molecule has 1 fully saturated rings. The Kier molecular flexibility index (Phi) is 4.90. The van der Waals surface area contributed by atoms with E-state index < -0.39 is 0 Å². The van der Waals surface area contributed by atoms with Crippen LogP contribution in [0.4, 0.5) is 0 Å². The van der Waals surface area contributed by atoms with Crippen molar-refractivity contribution in [2.24, 2.45) is 11.3 Å². The van der Waals surface area contributed by atoms with E-state index in [1.165, 1.54) is 19.3 Å². The van der Waals surface area contributed by atoms with Gasteiger partial charge in [0.1, 0.15) is 0 Å². The monoisotopic (exact) mass is 199 g/mol. The Hall–Kier alpha value is -0.0800. The lowest BCUT2D eigenvalue weighted by Crippen LogP contribution is -2.35. The zero-order chi connectivity index (χ0) is 10.4. The van der Waals surface area contributed by atoms with Crippen LogP contribution >= 0.6 is 0 Å². The van der Waals surface area contributed by atoms with Gasteiger partial charge in [0.2, 0.25) is 0 Å². The Bertz CT molecular complexity index is 150. The fourth-order valence-corrected chi connectivity index (χ4v) is 1.71. The predicted octanol–water partition coefficient (Wildman–Crippen LogP) is 2.44. The SMILES string of the molecule is CCC(C)(C)CNCC1CCCOC1. The fraction of sp³-hybridized carbons (Fsp3) is 1.00. The van der Waals surface area contributed by atoms with Crippen molar-refractivity contribution in [2.75, 3.05) is 26.3 Å². The average molecular weight is 199 g/mol. The molecule has 14 heavy (non-hydrogen) atoms. The van der Waals surface area contributed by atoms with Crippen LogP contribution in [0.2, 0.25) is 0 Å². The maximum absolute atomic E-state index is 5.45. The summed E-state index contributed by atoms with van der Waals surface area (Å²) in [7, 11) is 0. The summed E-state index contributed by atoms with van der Waals surface area (Å²) < 4.78 is 5.45. The lowest BCUT2D eigenvalue weighted by molar-refractivity contribution is 0.0539. The van der Waals surface area contributed by atoms with Crippen LogP contribution in [0.25, 0.3) is 0 Å².